The first kappa shape index (κ1) is 116. The second-order valence-corrected chi connectivity index (χ2v) is 23.0. The molecule has 0 saturated carbocycles. The molecule has 1 atom stereocenters. The number of hydrogen-bond donors (Lipinski definition) is 0. The molecule has 0 amide bonds. The minimum Gasteiger partial charge on any atom is -0.248 e. The highest BCUT2D eigenvalue weighted by Gasteiger charge is 2.31. The highest BCUT2D eigenvalue weighted by Crippen LogP contribution is 2.24. The molecule has 0 nitrogen and oxygen atoms in total. The van der Waals surface area contributed by atoms with Crippen LogP contribution in [0.15, 0.2) is 0 Å². The van der Waals surface area contributed by atoms with E-state index in [1.165, 1.54) is 104 Å². The van der Waals surface area contributed by atoms with Gasteiger partial charge in [-0.1, -0.05) is 331 Å². The highest BCUT2D eigenvalue weighted by molar-refractivity contribution is 4.58. The summed E-state index contributed by atoms with van der Waals surface area (Å²) in [6.07, 6.45) is 16.8. The fraction of sp³-hybridized carbons (Fsp3) is 1.00. The molecule has 0 aromatic carbocycles. The largest absolute Gasteiger partial charge is 0.391 e. The summed E-state index contributed by atoms with van der Waals surface area (Å²) < 4.78 is 116. The summed E-state index contributed by atoms with van der Waals surface area (Å²) in [6, 6.07) is 0. The average Bonchev–Trinajstić information content (AvgIpc) is 3.28. The van der Waals surface area contributed by atoms with E-state index in [1.54, 1.807) is 20.8 Å². The quantitative estimate of drug-likeness (QED) is 0.127. The fourth-order valence-electron chi connectivity index (χ4n) is 2.59. The Labute approximate surface area is 491 Å². The third-order valence-electron chi connectivity index (χ3n) is 8.01. The first-order chi connectivity index (χ1) is 35.3. The Morgan fingerprint density at radius 1 is 0.308 bits per heavy atom. The smallest absolute Gasteiger partial charge is 0.248 e. The summed E-state index contributed by atoms with van der Waals surface area (Å²) in [7, 11) is 0. The lowest BCUT2D eigenvalue weighted by atomic mass is 10.2. The number of alkyl halides is 10. The zero-order valence-corrected chi connectivity index (χ0v) is 60.4. The van der Waals surface area contributed by atoms with E-state index in [1.807, 2.05) is 6.92 Å². The maximum atomic E-state index is 11.9. The van der Waals surface area contributed by atoms with Crippen molar-refractivity contribution in [1.82, 2.24) is 0 Å². The van der Waals surface area contributed by atoms with Crippen LogP contribution in [0.3, 0.4) is 0 Å². The van der Waals surface area contributed by atoms with Crippen molar-refractivity contribution in [1.29, 1.82) is 0 Å². The molecule has 0 aromatic heterocycles. The zero-order chi connectivity index (χ0) is 66.6. The SMILES string of the molecule is CC(C)C.CC(C)C.CC(C)C.CC(C)C(F)(F)F.CCC.CCC(C)C.CCC(C)C.CCC(F)(F)CC.CCCC.CCCC(C)(F)F.CCCC(C)(F)F.CCCC(C)F.CCCCC.CCCCC.CCCCC. The molecule has 0 spiro atoms. The van der Waals surface area contributed by atoms with Gasteiger partial charge in [-0.25, -0.2) is 30.7 Å². The molecule has 1 unspecified atom stereocenters. The Hall–Kier alpha value is -0.700. The molecule has 0 rings (SSSR count). The van der Waals surface area contributed by atoms with Gasteiger partial charge in [0.2, 0.25) is 17.8 Å². The van der Waals surface area contributed by atoms with E-state index in [0.29, 0.717) is 19.3 Å². The minimum atomic E-state index is -4.00. The van der Waals surface area contributed by atoms with Crippen LogP contribution in [0.2, 0.25) is 0 Å². The topological polar surface area (TPSA) is 0 Å². The van der Waals surface area contributed by atoms with Crippen LogP contribution in [0.5, 0.6) is 0 Å². The first-order valence-corrected chi connectivity index (χ1v) is 32.1. The number of rotatable bonds is 17. The van der Waals surface area contributed by atoms with E-state index in [4.69, 9.17) is 0 Å². The summed E-state index contributed by atoms with van der Waals surface area (Å²) >= 11 is 0. The van der Waals surface area contributed by atoms with Crippen LogP contribution < -0.4 is 0 Å². The molecule has 0 radical (unpaired) electrons. The molecule has 0 saturated heterocycles. The van der Waals surface area contributed by atoms with E-state index in [9.17, 15) is 43.9 Å². The molecule has 78 heavy (non-hydrogen) atoms. The lowest BCUT2D eigenvalue weighted by Crippen LogP contribution is -2.15. The van der Waals surface area contributed by atoms with Crippen molar-refractivity contribution in [2.24, 2.45) is 35.5 Å². The molecule has 0 fully saturated rings. The monoisotopic (exact) mass is 1160 g/mol. The second kappa shape index (κ2) is 98.4. The lowest BCUT2D eigenvalue weighted by molar-refractivity contribution is -0.164. The number of halogens is 10. The zero-order valence-electron chi connectivity index (χ0n) is 60.4. The number of hydrogen-bond acceptors (Lipinski definition) is 0. The maximum Gasteiger partial charge on any atom is 0.391 e. The summed E-state index contributed by atoms with van der Waals surface area (Å²) in [6.45, 7) is 68.8. The summed E-state index contributed by atoms with van der Waals surface area (Å²) in [5.74, 6) is -4.25. The Morgan fingerprint density at radius 3 is 0.474 bits per heavy atom. The lowest BCUT2D eigenvalue weighted by Gasteiger charge is -2.08. The normalized spacial score (nSPS) is 10.3. The van der Waals surface area contributed by atoms with Crippen LogP contribution in [0, 0.1) is 35.5 Å². The van der Waals surface area contributed by atoms with E-state index in [0.717, 1.165) is 63.7 Å². The van der Waals surface area contributed by atoms with Crippen molar-refractivity contribution in [2.45, 2.75) is 414 Å². The van der Waals surface area contributed by atoms with Crippen molar-refractivity contribution < 1.29 is 43.9 Å². The molecule has 10 heteroatoms. The Morgan fingerprint density at radius 2 is 0.474 bits per heavy atom. The van der Waals surface area contributed by atoms with Crippen LogP contribution in [-0.4, -0.2) is 30.1 Å². The third kappa shape index (κ3) is 375. The third-order valence-corrected chi connectivity index (χ3v) is 8.01. The van der Waals surface area contributed by atoms with Gasteiger partial charge in [0.15, 0.2) is 0 Å². The van der Waals surface area contributed by atoms with Gasteiger partial charge >= 0.3 is 6.18 Å². The van der Waals surface area contributed by atoms with Gasteiger partial charge in [-0.3, -0.25) is 0 Å². The van der Waals surface area contributed by atoms with Gasteiger partial charge in [0.1, 0.15) is 0 Å². The molecule has 0 N–H and O–H groups in total. The van der Waals surface area contributed by atoms with E-state index >= 15 is 0 Å². The summed E-state index contributed by atoms with van der Waals surface area (Å²) in [5.41, 5.74) is 0. The maximum absolute atomic E-state index is 11.9. The van der Waals surface area contributed by atoms with Gasteiger partial charge < -0.3 is 0 Å². The van der Waals surface area contributed by atoms with Crippen molar-refractivity contribution in [3.8, 4) is 0 Å². The standard InChI is InChI=1S/3C5H10F2.C5H11F.5C5H12.C4H7F3.4C4H10.C3H8/c2*1-3-4-5(2,6)7;1-3-5(6,7)4-2;1-3-4-5(2)6;2*1-4-5(2)3;3*1-3-5-4-2;1-3(2)4(5,6)7;3*1-4(2)3;1-3-4-2;1-3-2/h3*3-4H2,1-2H3;5H,3-4H2,1-2H3;2*5H,4H2,1-3H3;3*3-5H2,1-2H3;3H,1-2H3;3*4H,1-3H3;3-4H2,1-2H3;3H2,1-2H3. The predicted octanol–water partition coefficient (Wildman–Crippen LogP) is 30.6. The van der Waals surface area contributed by atoms with Gasteiger partial charge in [-0.15, -0.1) is 0 Å². The van der Waals surface area contributed by atoms with Crippen molar-refractivity contribution in [3.63, 3.8) is 0 Å². The van der Waals surface area contributed by atoms with Crippen LogP contribution in [0.1, 0.15) is 384 Å². The van der Waals surface area contributed by atoms with Gasteiger partial charge in [0.25, 0.3) is 0 Å². The minimum absolute atomic E-state index is 0.00694. The summed E-state index contributed by atoms with van der Waals surface area (Å²) in [4.78, 5) is 0. The van der Waals surface area contributed by atoms with Gasteiger partial charge in [0, 0.05) is 31.6 Å². The van der Waals surface area contributed by atoms with Crippen molar-refractivity contribution in [3.05, 3.63) is 0 Å². The van der Waals surface area contributed by atoms with E-state index in [2.05, 4.69) is 173 Å². The molecule has 0 bridgehead atoms. The first-order valence-electron chi connectivity index (χ1n) is 32.1. The highest BCUT2D eigenvalue weighted by atomic mass is 19.4. The van der Waals surface area contributed by atoms with Gasteiger partial charge in [0.05, 0.1) is 6.17 Å². The van der Waals surface area contributed by atoms with E-state index < -0.39 is 36.0 Å². The molecule has 0 aromatic rings. The van der Waals surface area contributed by atoms with Crippen molar-refractivity contribution in [2.75, 3.05) is 0 Å². The molecular formula is C68H156F10. The fourth-order valence-corrected chi connectivity index (χ4v) is 2.59. The molecular weight excluding hydrogens is 1010 g/mol. The van der Waals surface area contributed by atoms with Crippen LogP contribution in [0.4, 0.5) is 43.9 Å². The summed E-state index contributed by atoms with van der Waals surface area (Å²) in [5, 5.41) is 0. The molecule has 0 aliphatic rings. The average molecular weight is 1160 g/mol. The molecule has 0 aliphatic heterocycles. The second-order valence-electron chi connectivity index (χ2n) is 23.0. The van der Waals surface area contributed by atoms with Crippen molar-refractivity contribution >= 4 is 0 Å². The molecule has 498 valence electrons. The molecule has 0 aliphatic carbocycles. The van der Waals surface area contributed by atoms with Crippen LogP contribution >= 0.6 is 0 Å². The molecule has 0 heterocycles. The number of unbranched alkanes of at least 4 members (excludes halogenated alkanes) is 7. The Kier molecular flexibility index (Phi) is 146. The van der Waals surface area contributed by atoms with Gasteiger partial charge in [-0.2, -0.15) is 13.2 Å². The Balaban J connectivity index is -0.0000000422. The Bertz CT molecular complexity index is 731. The van der Waals surface area contributed by atoms with Gasteiger partial charge in [-0.05, 0) is 56.8 Å². The van der Waals surface area contributed by atoms with Crippen LogP contribution in [0.25, 0.3) is 0 Å². The van der Waals surface area contributed by atoms with E-state index in [-0.39, 0.29) is 25.7 Å². The predicted molar refractivity (Wildman–Crippen MR) is 347 cm³/mol. The van der Waals surface area contributed by atoms with Crippen LogP contribution in [-0.2, 0) is 0 Å².